The van der Waals surface area contributed by atoms with Crippen molar-refractivity contribution < 1.29 is 19.0 Å². The largest absolute Gasteiger partial charge is 0.479 e. The molecule has 2 aromatic carbocycles. The van der Waals surface area contributed by atoms with Gasteiger partial charge in [-0.05, 0) is 73.3 Å². The predicted molar refractivity (Wildman–Crippen MR) is 153 cm³/mol. The van der Waals surface area contributed by atoms with Crippen LogP contribution in [0.2, 0.25) is 0 Å². The van der Waals surface area contributed by atoms with Crippen LogP contribution in [0.5, 0.6) is 0 Å². The number of anilines is 1. The van der Waals surface area contributed by atoms with Crippen LogP contribution in [0.25, 0.3) is 28.0 Å². The summed E-state index contributed by atoms with van der Waals surface area (Å²) in [5, 5.41) is 15.3. The van der Waals surface area contributed by atoms with Crippen molar-refractivity contribution in [3.05, 3.63) is 71.7 Å². The van der Waals surface area contributed by atoms with Gasteiger partial charge < -0.3 is 14.7 Å². The molecule has 1 atom stereocenters. The second-order valence-electron chi connectivity index (χ2n) is 11.8. The SMILES string of the molecule is Cc1nc2cc(-c3cccc(-c4cccc(F)c4)c3)nn2c(N2CCC3(CC2)CC3)c1[C@H](OCC(C)C)C(=O)O. The van der Waals surface area contributed by atoms with Gasteiger partial charge in [0.05, 0.1) is 17.9 Å². The van der Waals surface area contributed by atoms with E-state index in [9.17, 15) is 14.3 Å². The zero-order chi connectivity index (χ0) is 28.0. The van der Waals surface area contributed by atoms with Gasteiger partial charge in [0.25, 0.3) is 0 Å². The first-order chi connectivity index (χ1) is 19.2. The third-order valence-corrected chi connectivity index (χ3v) is 8.28. The highest BCUT2D eigenvalue weighted by molar-refractivity contribution is 5.79. The summed E-state index contributed by atoms with van der Waals surface area (Å²) < 4.78 is 21.7. The summed E-state index contributed by atoms with van der Waals surface area (Å²) in [7, 11) is 0. The van der Waals surface area contributed by atoms with Crippen molar-refractivity contribution in [1.29, 1.82) is 0 Å². The fourth-order valence-corrected chi connectivity index (χ4v) is 5.83. The van der Waals surface area contributed by atoms with Gasteiger partial charge in [-0.1, -0.05) is 44.2 Å². The van der Waals surface area contributed by atoms with Crippen molar-refractivity contribution in [3.8, 4) is 22.4 Å². The van der Waals surface area contributed by atoms with Crippen molar-refractivity contribution in [2.75, 3.05) is 24.6 Å². The van der Waals surface area contributed by atoms with Gasteiger partial charge >= 0.3 is 5.97 Å². The normalized spacial score (nSPS) is 17.1. The fourth-order valence-electron chi connectivity index (χ4n) is 5.83. The number of benzene rings is 2. The van der Waals surface area contributed by atoms with Gasteiger partial charge in [0.2, 0.25) is 0 Å². The van der Waals surface area contributed by atoms with Crippen LogP contribution in [0.3, 0.4) is 0 Å². The zero-order valence-electron chi connectivity index (χ0n) is 23.2. The molecule has 7 nitrogen and oxygen atoms in total. The molecule has 2 aromatic heterocycles. The van der Waals surface area contributed by atoms with Crippen LogP contribution in [0.15, 0.2) is 54.6 Å². The number of carboxylic acid groups (broad SMARTS) is 1. The van der Waals surface area contributed by atoms with E-state index in [2.05, 4.69) is 4.90 Å². The van der Waals surface area contributed by atoms with E-state index in [1.807, 2.05) is 57.2 Å². The Hall–Kier alpha value is -3.78. The Balaban J connectivity index is 1.47. The number of carbonyl (C=O) groups is 1. The summed E-state index contributed by atoms with van der Waals surface area (Å²) in [6.45, 7) is 7.88. The van der Waals surface area contributed by atoms with Crippen molar-refractivity contribution in [3.63, 3.8) is 0 Å². The van der Waals surface area contributed by atoms with E-state index in [0.717, 1.165) is 48.4 Å². The highest BCUT2D eigenvalue weighted by atomic mass is 19.1. The van der Waals surface area contributed by atoms with Gasteiger partial charge in [-0.2, -0.15) is 9.61 Å². The summed E-state index contributed by atoms with van der Waals surface area (Å²) in [5.74, 6) is -0.373. The Morgan fingerprint density at radius 3 is 2.35 bits per heavy atom. The third kappa shape index (κ3) is 5.08. The average Bonchev–Trinajstić information content (AvgIpc) is 3.55. The molecule has 4 aromatic rings. The predicted octanol–water partition coefficient (Wildman–Crippen LogP) is 6.69. The molecule has 40 heavy (non-hydrogen) atoms. The maximum Gasteiger partial charge on any atom is 0.337 e. The van der Waals surface area contributed by atoms with Crippen LogP contribution in [0.4, 0.5) is 10.2 Å². The Morgan fingerprint density at radius 1 is 1.02 bits per heavy atom. The minimum Gasteiger partial charge on any atom is -0.479 e. The number of hydrogen-bond donors (Lipinski definition) is 1. The Kier molecular flexibility index (Phi) is 6.82. The molecule has 0 radical (unpaired) electrons. The Labute approximate surface area is 233 Å². The van der Waals surface area contributed by atoms with E-state index in [0.29, 0.717) is 34.6 Å². The summed E-state index contributed by atoms with van der Waals surface area (Å²) in [4.78, 5) is 19.6. The van der Waals surface area contributed by atoms with Crippen molar-refractivity contribution in [2.45, 2.75) is 52.6 Å². The van der Waals surface area contributed by atoms with Crippen LogP contribution in [-0.4, -0.2) is 45.4 Å². The number of halogens is 1. The first kappa shape index (κ1) is 26.4. The Bertz CT molecular complexity index is 1570. The number of aromatic nitrogens is 3. The van der Waals surface area contributed by atoms with E-state index >= 15 is 0 Å². The van der Waals surface area contributed by atoms with Crippen LogP contribution in [-0.2, 0) is 9.53 Å². The molecule has 8 heteroatoms. The minimum atomic E-state index is -1.14. The number of rotatable bonds is 8. The van der Waals surface area contributed by atoms with Crippen LogP contribution < -0.4 is 4.90 Å². The maximum absolute atomic E-state index is 13.9. The lowest BCUT2D eigenvalue weighted by Gasteiger charge is -2.36. The molecule has 1 saturated carbocycles. The number of aliphatic carboxylic acids is 1. The summed E-state index contributed by atoms with van der Waals surface area (Å²) >= 11 is 0. The van der Waals surface area contributed by atoms with E-state index in [1.165, 1.54) is 25.0 Å². The molecule has 0 amide bonds. The smallest absolute Gasteiger partial charge is 0.337 e. The molecule has 1 spiro atoms. The standard InChI is InChI=1S/C32H35FN4O3/c1-20(2)19-40-29(31(38)39)28-21(3)34-27-18-26(24-8-4-6-22(16-24)23-7-5-9-25(33)17-23)35-37(27)30(28)36-14-12-32(10-11-32)13-15-36/h4-9,16-18,20,29H,10-15,19H2,1-3H3,(H,38,39)/t29-/m0/s1. The highest BCUT2D eigenvalue weighted by Crippen LogP contribution is 2.54. The first-order valence-electron chi connectivity index (χ1n) is 14.1. The summed E-state index contributed by atoms with van der Waals surface area (Å²) in [6, 6.07) is 16.3. The summed E-state index contributed by atoms with van der Waals surface area (Å²) in [5.41, 5.74) is 5.58. The van der Waals surface area contributed by atoms with Crippen molar-refractivity contribution >= 4 is 17.4 Å². The van der Waals surface area contributed by atoms with E-state index < -0.39 is 12.1 Å². The van der Waals surface area contributed by atoms with Crippen LogP contribution in [0, 0.1) is 24.1 Å². The fraction of sp³-hybridized carbons (Fsp3) is 0.406. The van der Waals surface area contributed by atoms with Crippen molar-refractivity contribution in [1.82, 2.24) is 14.6 Å². The lowest BCUT2D eigenvalue weighted by molar-refractivity contribution is -0.151. The number of ether oxygens (including phenoxy) is 1. The van der Waals surface area contributed by atoms with Crippen molar-refractivity contribution in [2.24, 2.45) is 11.3 Å². The third-order valence-electron chi connectivity index (χ3n) is 8.28. The molecule has 1 aliphatic heterocycles. The molecule has 6 rings (SSSR count). The Morgan fingerprint density at radius 2 is 1.70 bits per heavy atom. The second-order valence-corrected chi connectivity index (χ2v) is 11.8. The molecular weight excluding hydrogens is 507 g/mol. The number of hydrogen-bond acceptors (Lipinski definition) is 5. The minimum absolute atomic E-state index is 0.189. The van der Waals surface area contributed by atoms with Gasteiger partial charge in [0.1, 0.15) is 11.6 Å². The van der Waals surface area contributed by atoms with Gasteiger partial charge in [0.15, 0.2) is 11.8 Å². The lowest BCUT2D eigenvalue weighted by atomic mass is 9.93. The lowest BCUT2D eigenvalue weighted by Crippen LogP contribution is -2.37. The average molecular weight is 543 g/mol. The second kappa shape index (κ2) is 10.3. The number of fused-ring (bicyclic) bond motifs is 1. The van der Waals surface area contributed by atoms with E-state index in [4.69, 9.17) is 14.8 Å². The molecule has 3 heterocycles. The quantitative estimate of drug-likeness (QED) is 0.267. The van der Waals surface area contributed by atoms with Crippen LogP contribution >= 0.6 is 0 Å². The van der Waals surface area contributed by atoms with Gasteiger partial charge in [-0.25, -0.2) is 14.2 Å². The highest BCUT2D eigenvalue weighted by Gasteiger charge is 2.45. The zero-order valence-corrected chi connectivity index (χ0v) is 23.2. The topological polar surface area (TPSA) is 80.0 Å². The monoisotopic (exact) mass is 542 g/mol. The van der Waals surface area contributed by atoms with E-state index in [-0.39, 0.29) is 11.7 Å². The molecule has 1 saturated heterocycles. The molecule has 2 aliphatic rings. The van der Waals surface area contributed by atoms with E-state index in [1.54, 1.807) is 10.6 Å². The molecule has 208 valence electrons. The summed E-state index contributed by atoms with van der Waals surface area (Å²) in [6.07, 6.45) is 3.59. The number of nitrogens with zero attached hydrogens (tertiary/aromatic N) is 4. The van der Waals surface area contributed by atoms with Gasteiger partial charge in [0, 0.05) is 30.4 Å². The maximum atomic E-state index is 13.9. The molecule has 2 fully saturated rings. The number of carboxylic acids is 1. The molecule has 1 N–H and O–H groups in total. The van der Waals surface area contributed by atoms with Gasteiger partial charge in [-0.15, -0.1) is 0 Å². The first-order valence-corrected chi connectivity index (χ1v) is 14.1. The molecule has 0 bridgehead atoms. The molecular formula is C32H35FN4O3. The van der Waals surface area contributed by atoms with Crippen LogP contribution in [0.1, 0.15) is 56.9 Å². The molecule has 0 unspecified atom stereocenters. The number of piperidine rings is 1. The number of aryl methyl sites for hydroxylation is 1. The van der Waals surface area contributed by atoms with Gasteiger partial charge in [-0.3, -0.25) is 0 Å². The molecule has 1 aliphatic carbocycles.